The summed E-state index contributed by atoms with van der Waals surface area (Å²) in [4.78, 5) is 28.6. The number of aromatic nitrogens is 2. The summed E-state index contributed by atoms with van der Waals surface area (Å²) < 4.78 is 14.9. The summed E-state index contributed by atoms with van der Waals surface area (Å²) in [5, 5.41) is 7.32. The highest BCUT2D eigenvalue weighted by Crippen LogP contribution is 2.34. The Morgan fingerprint density at radius 2 is 1.90 bits per heavy atom. The molecule has 1 N–H and O–H groups in total. The lowest BCUT2D eigenvalue weighted by atomic mass is 9.98. The van der Waals surface area contributed by atoms with Crippen molar-refractivity contribution in [2.24, 2.45) is 0 Å². The summed E-state index contributed by atoms with van der Waals surface area (Å²) in [6, 6.07) is 13.7. The zero-order valence-electron chi connectivity index (χ0n) is 17.1. The van der Waals surface area contributed by atoms with E-state index in [0.29, 0.717) is 12.4 Å². The van der Waals surface area contributed by atoms with Gasteiger partial charge in [-0.25, -0.2) is 9.07 Å². The third-order valence-electron chi connectivity index (χ3n) is 5.81. The van der Waals surface area contributed by atoms with Gasteiger partial charge in [0.1, 0.15) is 11.6 Å². The molecule has 158 valence electrons. The van der Waals surface area contributed by atoms with E-state index in [-0.39, 0.29) is 24.1 Å². The number of fused-ring (bicyclic) bond motifs is 2. The summed E-state index contributed by atoms with van der Waals surface area (Å²) in [5.74, 6) is 0.919. The molecule has 0 atom stereocenters. The van der Waals surface area contributed by atoms with Gasteiger partial charge in [-0.2, -0.15) is 5.10 Å². The molecule has 2 aliphatic heterocycles. The van der Waals surface area contributed by atoms with Crippen LogP contribution in [0.2, 0.25) is 0 Å². The minimum absolute atomic E-state index is 0.0606. The van der Waals surface area contributed by atoms with E-state index in [1.54, 1.807) is 17.0 Å². The predicted molar refractivity (Wildman–Crippen MR) is 115 cm³/mol. The number of likely N-dealkylation sites (N-methyl/N-ethyl adjacent to an activating group) is 1. The third kappa shape index (κ3) is 3.65. The molecule has 5 rings (SSSR count). The number of carbonyl (C=O) groups is 2. The van der Waals surface area contributed by atoms with Crippen LogP contribution in [-0.4, -0.2) is 46.6 Å². The average molecular weight is 419 g/mol. The van der Waals surface area contributed by atoms with E-state index in [9.17, 15) is 14.0 Å². The number of carbonyl (C=O) groups excluding carboxylic acids is 2. The lowest BCUT2D eigenvalue weighted by Crippen LogP contribution is -2.34. The molecule has 3 heterocycles. The van der Waals surface area contributed by atoms with Crippen molar-refractivity contribution in [3.05, 3.63) is 71.0 Å². The Bertz CT molecular complexity index is 1170. The number of rotatable bonds is 4. The molecule has 0 saturated heterocycles. The van der Waals surface area contributed by atoms with Crippen molar-refractivity contribution >= 4 is 29.1 Å². The number of halogens is 1. The minimum Gasteiger partial charge on any atom is -0.341 e. The molecule has 0 unspecified atom stereocenters. The zero-order valence-corrected chi connectivity index (χ0v) is 17.1. The van der Waals surface area contributed by atoms with Crippen molar-refractivity contribution in [2.45, 2.75) is 19.4 Å². The van der Waals surface area contributed by atoms with Gasteiger partial charge in [0, 0.05) is 37.5 Å². The Labute approximate surface area is 179 Å². The molecule has 0 aliphatic carbocycles. The van der Waals surface area contributed by atoms with Crippen LogP contribution >= 0.6 is 0 Å². The summed E-state index contributed by atoms with van der Waals surface area (Å²) in [6.45, 7) is 2.21. The number of hydrogen-bond acceptors (Lipinski definition) is 4. The lowest BCUT2D eigenvalue weighted by Gasteiger charge is -2.26. The number of nitrogens with zero attached hydrogens (tertiary/aromatic N) is 4. The molecule has 3 aromatic rings. The van der Waals surface area contributed by atoms with Gasteiger partial charge in [0.2, 0.25) is 5.91 Å². The van der Waals surface area contributed by atoms with E-state index in [4.69, 9.17) is 0 Å². The molecule has 0 saturated carbocycles. The second kappa shape index (κ2) is 7.54. The number of amides is 2. The van der Waals surface area contributed by atoms with Crippen LogP contribution in [0.3, 0.4) is 0 Å². The number of nitrogens with one attached hydrogen (secondary N) is 1. The van der Waals surface area contributed by atoms with E-state index in [0.717, 1.165) is 47.7 Å². The first-order chi connectivity index (χ1) is 15.0. The highest BCUT2D eigenvalue weighted by Gasteiger charge is 2.26. The molecule has 2 aromatic carbocycles. The first-order valence-electron chi connectivity index (χ1n) is 10.3. The quantitative estimate of drug-likeness (QED) is 0.706. The number of anilines is 3. The fourth-order valence-corrected chi connectivity index (χ4v) is 4.15. The van der Waals surface area contributed by atoms with E-state index >= 15 is 0 Å². The van der Waals surface area contributed by atoms with Crippen LogP contribution in [-0.2, 0) is 24.2 Å². The van der Waals surface area contributed by atoms with Gasteiger partial charge in [0.15, 0.2) is 5.82 Å². The van der Waals surface area contributed by atoms with Crippen molar-refractivity contribution in [2.75, 3.05) is 30.4 Å². The normalized spacial score (nSPS) is 15.1. The zero-order chi connectivity index (χ0) is 21.5. The van der Waals surface area contributed by atoms with Gasteiger partial charge in [0.25, 0.3) is 5.91 Å². The number of benzene rings is 2. The lowest BCUT2D eigenvalue weighted by molar-refractivity contribution is -0.115. The van der Waals surface area contributed by atoms with E-state index in [2.05, 4.69) is 21.4 Å². The highest BCUT2D eigenvalue weighted by atomic mass is 19.1. The molecule has 7 nitrogen and oxygen atoms in total. The van der Waals surface area contributed by atoms with Crippen molar-refractivity contribution in [1.29, 1.82) is 0 Å². The summed E-state index contributed by atoms with van der Waals surface area (Å²) in [5.41, 5.74) is 3.57. The molecule has 0 bridgehead atoms. The highest BCUT2D eigenvalue weighted by molar-refractivity contribution is 5.97. The van der Waals surface area contributed by atoms with E-state index in [1.165, 1.54) is 12.1 Å². The van der Waals surface area contributed by atoms with Crippen LogP contribution in [0.4, 0.5) is 21.7 Å². The van der Waals surface area contributed by atoms with Crippen LogP contribution in [0.5, 0.6) is 0 Å². The topological polar surface area (TPSA) is 70.5 Å². The van der Waals surface area contributed by atoms with E-state index in [1.807, 2.05) is 29.9 Å². The third-order valence-corrected chi connectivity index (χ3v) is 5.81. The van der Waals surface area contributed by atoms with Crippen LogP contribution in [0, 0.1) is 5.82 Å². The fraction of sp³-hybridized carbons (Fsp3) is 0.261. The van der Waals surface area contributed by atoms with Crippen LogP contribution < -0.4 is 10.2 Å². The Hall–Kier alpha value is -3.68. The minimum atomic E-state index is -0.326. The molecular formula is C23H22FN5O2. The summed E-state index contributed by atoms with van der Waals surface area (Å²) in [6.07, 6.45) is 0.989. The van der Waals surface area contributed by atoms with E-state index < -0.39 is 0 Å². The monoisotopic (exact) mass is 419 g/mol. The average Bonchev–Trinajstić information content (AvgIpc) is 3.32. The Kier molecular flexibility index (Phi) is 4.69. The first-order valence-corrected chi connectivity index (χ1v) is 10.3. The van der Waals surface area contributed by atoms with Crippen molar-refractivity contribution in [1.82, 2.24) is 14.7 Å². The van der Waals surface area contributed by atoms with Crippen LogP contribution in [0.25, 0.3) is 0 Å². The predicted octanol–water partition coefficient (Wildman–Crippen LogP) is 2.98. The largest absolute Gasteiger partial charge is 0.341 e. The maximum absolute atomic E-state index is 13.0. The number of hydrogen-bond donors (Lipinski definition) is 1. The van der Waals surface area contributed by atoms with Crippen molar-refractivity contribution in [3.63, 3.8) is 0 Å². The Morgan fingerprint density at radius 1 is 1.10 bits per heavy atom. The van der Waals surface area contributed by atoms with Crippen molar-refractivity contribution < 1.29 is 14.0 Å². The molecule has 2 aliphatic rings. The second-order valence-corrected chi connectivity index (χ2v) is 7.93. The maximum atomic E-state index is 13.0. The smallest absolute Gasteiger partial charge is 0.253 e. The van der Waals surface area contributed by atoms with Gasteiger partial charge < -0.3 is 15.1 Å². The fourth-order valence-electron chi connectivity index (χ4n) is 4.15. The summed E-state index contributed by atoms with van der Waals surface area (Å²) >= 11 is 0. The van der Waals surface area contributed by atoms with Gasteiger partial charge in [-0.05, 0) is 47.9 Å². The molecule has 1 aromatic heterocycles. The SMILES string of the molecule is CN1CCc2cc(N3CCn4nc(NC(=O)Cc5ccc(F)cc5)cc43)ccc2C1=O. The molecular weight excluding hydrogens is 397 g/mol. The van der Waals surface area contributed by atoms with Gasteiger partial charge in [-0.3, -0.25) is 9.59 Å². The van der Waals surface area contributed by atoms with Crippen LogP contribution in [0.1, 0.15) is 21.5 Å². The van der Waals surface area contributed by atoms with Crippen molar-refractivity contribution in [3.8, 4) is 0 Å². The molecule has 2 amide bonds. The molecule has 8 heteroatoms. The standard InChI is InChI=1S/C23H22FN5O2/c1-27-9-8-16-13-18(6-7-19(16)23(27)31)28-10-11-29-22(28)14-20(26-29)25-21(30)12-15-2-4-17(24)5-3-15/h2-7,13-14H,8-12H2,1H3,(H,25,26,30). The molecule has 0 spiro atoms. The first kappa shape index (κ1) is 19.3. The van der Waals surface area contributed by atoms with Gasteiger partial charge in [0.05, 0.1) is 13.0 Å². The second-order valence-electron chi connectivity index (χ2n) is 7.93. The maximum Gasteiger partial charge on any atom is 0.253 e. The molecule has 0 radical (unpaired) electrons. The van der Waals surface area contributed by atoms with Gasteiger partial charge in [-0.15, -0.1) is 0 Å². The summed E-state index contributed by atoms with van der Waals surface area (Å²) in [7, 11) is 1.82. The van der Waals surface area contributed by atoms with Gasteiger partial charge in [-0.1, -0.05) is 12.1 Å². The van der Waals surface area contributed by atoms with Gasteiger partial charge >= 0.3 is 0 Å². The Balaban J connectivity index is 1.32. The van der Waals surface area contributed by atoms with Crippen LogP contribution in [0.15, 0.2) is 48.5 Å². The molecule has 0 fully saturated rings. The molecule has 31 heavy (non-hydrogen) atoms. The Morgan fingerprint density at radius 3 is 2.71 bits per heavy atom.